The van der Waals surface area contributed by atoms with Crippen molar-refractivity contribution < 1.29 is 18.0 Å². The largest absolute Gasteiger partial charge is 0.342 e. The van der Waals surface area contributed by atoms with Crippen LogP contribution < -0.4 is 0 Å². The van der Waals surface area contributed by atoms with E-state index in [1.807, 2.05) is 11.8 Å². The van der Waals surface area contributed by atoms with E-state index in [1.165, 1.54) is 6.26 Å². The number of likely N-dealkylation sites (tertiary alicyclic amines) is 1. The van der Waals surface area contributed by atoms with Crippen molar-refractivity contribution in [2.45, 2.75) is 63.0 Å². The monoisotopic (exact) mass is 425 g/mol. The summed E-state index contributed by atoms with van der Waals surface area (Å²) in [6, 6.07) is 0. The fraction of sp³-hybridized carbons (Fsp3) is 0.789. The zero-order valence-electron chi connectivity index (χ0n) is 16.8. The predicted octanol–water partition coefficient (Wildman–Crippen LogP) is 2.43. The molecule has 9 heteroatoms. The Labute approximate surface area is 170 Å². The molecule has 154 valence electrons. The molecule has 1 aromatic heterocycles. The van der Waals surface area contributed by atoms with Gasteiger partial charge in [-0.25, -0.2) is 8.42 Å². The summed E-state index contributed by atoms with van der Waals surface area (Å²) >= 11 is 0.919. The third kappa shape index (κ3) is 2.47. The van der Waals surface area contributed by atoms with Crippen LogP contribution in [0.5, 0.6) is 0 Å². The van der Waals surface area contributed by atoms with E-state index in [-0.39, 0.29) is 27.2 Å². The Hall–Kier alpha value is -1.35. The summed E-state index contributed by atoms with van der Waals surface area (Å²) in [4.78, 5) is 28.1. The quantitative estimate of drug-likeness (QED) is 0.738. The van der Waals surface area contributed by atoms with E-state index in [4.69, 9.17) is 0 Å². The van der Waals surface area contributed by atoms with Crippen LogP contribution in [0.25, 0.3) is 0 Å². The normalized spacial score (nSPS) is 32.9. The minimum absolute atomic E-state index is 0.00270. The molecule has 2 unspecified atom stereocenters. The summed E-state index contributed by atoms with van der Waals surface area (Å²) in [5.74, 6) is 0.320. The number of fused-ring (bicyclic) bond motifs is 2. The van der Waals surface area contributed by atoms with Crippen LogP contribution in [-0.4, -0.2) is 53.9 Å². The van der Waals surface area contributed by atoms with Gasteiger partial charge in [-0.1, -0.05) is 25.3 Å². The molecule has 28 heavy (non-hydrogen) atoms. The SMILES string of the molecule is CC12CCC(C(=O)N3CCC(c4nnsc4S(C)(=O)=O)CC3)(CC1=O)C2(C)C. The molecular formula is C19H27N3O4S2. The number of aromatic nitrogens is 2. The molecule has 2 bridgehead atoms. The van der Waals surface area contributed by atoms with Crippen molar-refractivity contribution in [1.82, 2.24) is 14.5 Å². The van der Waals surface area contributed by atoms with Crippen LogP contribution in [0.15, 0.2) is 4.21 Å². The molecule has 0 aromatic carbocycles. The number of sulfone groups is 1. The molecule has 3 fully saturated rings. The molecule has 0 spiro atoms. The smallest absolute Gasteiger partial charge is 0.229 e. The summed E-state index contributed by atoms with van der Waals surface area (Å²) in [5.41, 5.74) is -0.793. The van der Waals surface area contributed by atoms with Gasteiger partial charge in [0.2, 0.25) is 5.91 Å². The maximum absolute atomic E-state index is 13.6. The van der Waals surface area contributed by atoms with E-state index in [1.54, 1.807) is 0 Å². The second-order valence-corrected chi connectivity index (χ2v) is 12.4. The third-order valence-electron chi connectivity index (χ3n) is 8.10. The van der Waals surface area contributed by atoms with Gasteiger partial charge in [0.05, 0.1) is 11.1 Å². The summed E-state index contributed by atoms with van der Waals surface area (Å²) < 4.78 is 28.0. The van der Waals surface area contributed by atoms with Crippen molar-refractivity contribution in [1.29, 1.82) is 0 Å². The molecule has 3 aliphatic rings. The van der Waals surface area contributed by atoms with Crippen LogP contribution in [0.1, 0.15) is 64.5 Å². The number of carbonyl (C=O) groups is 2. The zero-order valence-corrected chi connectivity index (χ0v) is 18.5. The number of amides is 1. The molecule has 1 aliphatic heterocycles. The first-order chi connectivity index (χ1) is 12.9. The van der Waals surface area contributed by atoms with E-state index in [0.717, 1.165) is 24.4 Å². The summed E-state index contributed by atoms with van der Waals surface area (Å²) in [5, 5.41) is 4.07. The van der Waals surface area contributed by atoms with Gasteiger partial charge in [0.1, 0.15) is 5.78 Å². The molecule has 1 amide bonds. The molecule has 0 radical (unpaired) electrons. The lowest BCUT2D eigenvalue weighted by molar-refractivity contribution is -0.149. The van der Waals surface area contributed by atoms with Crippen LogP contribution in [0.4, 0.5) is 0 Å². The van der Waals surface area contributed by atoms with Crippen molar-refractivity contribution >= 4 is 33.1 Å². The average molecular weight is 426 g/mol. The molecule has 2 atom stereocenters. The number of Topliss-reactive ketones (excluding diaryl/α,β-unsaturated/α-hetero) is 1. The van der Waals surface area contributed by atoms with Gasteiger partial charge >= 0.3 is 0 Å². The van der Waals surface area contributed by atoms with Crippen molar-refractivity contribution in [2.75, 3.05) is 19.3 Å². The maximum Gasteiger partial charge on any atom is 0.229 e. The van der Waals surface area contributed by atoms with E-state index < -0.39 is 20.7 Å². The molecule has 7 nitrogen and oxygen atoms in total. The van der Waals surface area contributed by atoms with Gasteiger partial charge in [0.15, 0.2) is 14.0 Å². The van der Waals surface area contributed by atoms with Gasteiger partial charge in [-0.05, 0) is 31.1 Å². The molecule has 1 aromatic rings. The van der Waals surface area contributed by atoms with E-state index in [0.29, 0.717) is 38.0 Å². The fourth-order valence-corrected chi connectivity index (χ4v) is 7.42. The van der Waals surface area contributed by atoms with Gasteiger partial charge < -0.3 is 4.90 Å². The number of piperidine rings is 1. The Morgan fingerprint density at radius 1 is 1.18 bits per heavy atom. The lowest BCUT2D eigenvalue weighted by Gasteiger charge is -2.43. The number of hydrogen-bond acceptors (Lipinski definition) is 7. The molecule has 2 heterocycles. The number of ketones is 1. The maximum atomic E-state index is 13.6. The Morgan fingerprint density at radius 2 is 1.82 bits per heavy atom. The Bertz CT molecular complexity index is 946. The van der Waals surface area contributed by atoms with E-state index >= 15 is 0 Å². The van der Waals surface area contributed by atoms with Crippen molar-refractivity contribution in [3.05, 3.63) is 5.69 Å². The summed E-state index contributed by atoms with van der Waals surface area (Å²) in [6.07, 6.45) is 4.42. The molecule has 0 N–H and O–H groups in total. The summed E-state index contributed by atoms with van der Waals surface area (Å²) in [7, 11) is -3.34. The van der Waals surface area contributed by atoms with Gasteiger partial charge in [-0.2, -0.15) is 0 Å². The first kappa shape index (κ1) is 19.9. The second-order valence-electron chi connectivity index (χ2n) is 9.42. The summed E-state index contributed by atoms with van der Waals surface area (Å²) in [6.45, 7) is 7.30. The number of carbonyl (C=O) groups excluding carboxylic acids is 2. The zero-order chi connectivity index (χ0) is 20.5. The molecule has 2 saturated carbocycles. The highest BCUT2D eigenvalue weighted by Gasteiger charge is 2.73. The topological polar surface area (TPSA) is 97.3 Å². The first-order valence-electron chi connectivity index (χ1n) is 9.79. The van der Waals surface area contributed by atoms with Gasteiger partial charge in [-0.3, -0.25) is 9.59 Å². The number of rotatable bonds is 3. The van der Waals surface area contributed by atoms with Crippen LogP contribution >= 0.6 is 11.5 Å². The van der Waals surface area contributed by atoms with Crippen LogP contribution in [0, 0.1) is 16.2 Å². The van der Waals surface area contributed by atoms with Crippen molar-refractivity contribution in [3.8, 4) is 0 Å². The number of nitrogens with zero attached hydrogens (tertiary/aromatic N) is 3. The predicted molar refractivity (Wildman–Crippen MR) is 105 cm³/mol. The highest BCUT2D eigenvalue weighted by atomic mass is 32.2. The first-order valence-corrected chi connectivity index (χ1v) is 12.5. The molecule has 1 saturated heterocycles. The minimum Gasteiger partial charge on any atom is -0.342 e. The Balaban J connectivity index is 1.52. The lowest BCUT2D eigenvalue weighted by Crippen LogP contribution is -2.50. The van der Waals surface area contributed by atoms with Crippen LogP contribution in [-0.2, 0) is 19.4 Å². The molecule has 4 rings (SSSR count). The van der Waals surface area contributed by atoms with Crippen molar-refractivity contribution in [2.24, 2.45) is 16.2 Å². The van der Waals surface area contributed by atoms with Gasteiger partial charge in [0, 0.05) is 48.6 Å². The third-order valence-corrected chi connectivity index (χ3v) is 10.7. The minimum atomic E-state index is -3.34. The van der Waals surface area contributed by atoms with E-state index in [9.17, 15) is 18.0 Å². The van der Waals surface area contributed by atoms with Gasteiger partial charge in [-0.15, -0.1) is 5.10 Å². The Kier molecular flexibility index (Phi) is 4.33. The van der Waals surface area contributed by atoms with Crippen LogP contribution in [0.2, 0.25) is 0 Å². The highest BCUT2D eigenvalue weighted by molar-refractivity contribution is 7.92. The lowest BCUT2D eigenvalue weighted by atomic mass is 9.64. The van der Waals surface area contributed by atoms with Crippen LogP contribution in [0.3, 0.4) is 0 Å². The van der Waals surface area contributed by atoms with Gasteiger partial charge in [0.25, 0.3) is 0 Å². The molecule has 2 aliphatic carbocycles. The number of hydrogen-bond donors (Lipinski definition) is 0. The second kappa shape index (κ2) is 6.08. The van der Waals surface area contributed by atoms with E-state index in [2.05, 4.69) is 23.4 Å². The molecular weight excluding hydrogens is 398 g/mol. The van der Waals surface area contributed by atoms with Crippen molar-refractivity contribution in [3.63, 3.8) is 0 Å². The standard InChI is InChI=1S/C19H27N3O4S2/c1-17(2)18(3)7-8-19(17,11-13(18)23)16(24)22-9-5-12(6-10-22)14-15(27-21-20-14)28(4,25)26/h12H,5-11H2,1-4H3. The fourth-order valence-electron chi connectivity index (χ4n) is 5.69. The Morgan fingerprint density at radius 3 is 2.32 bits per heavy atom. The highest BCUT2D eigenvalue weighted by Crippen LogP contribution is 2.71. The average Bonchev–Trinajstić information content (AvgIpc) is 3.23.